The van der Waals surface area contributed by atoms with Gasteiger partial charge in [0, 0.05) is 19.3 Å². The molecular weight excluding hydrogens is 236 g/mol. The molecule has 2 nitrogen and oxygen atoms in total. The zero-order valence-corrected chi connectivity index (χ0v) is 13.3. The molecule has 0 saturated heterocycles. The van der Waals surface area contributed by atoms with Crippen LogP contribution in [0.15, 0.2) is 0 Å². The third-order valence-electron chi connectivity index (χ3n) is 4.05. The minimum atomic E-state index is 0.300. The molecule has 0 bridgehead atoms. The van der Waals surface area contributed by atoms with Gasteiger partial charge in [-0.25, -0.2) is 0 Å². The predicted octanol–water partition coefficient (Wildman–Crippen LogP) is 4.95. The van der Waals surface area contributed by atoms with Crippen LogP contribution in [0.25, 0.3) is 0 Å². The maximum atomic E-state index is 11.4. The first-order valence-electron chi connectivity index (χ1n) is 7.98. The molecule has 0 amide bonds. The third kappa shape index (κ3) is 10.9. The maximum absolute atomic E-state index is 11.4. The van der Waals surface area contributed by atoms with E-state index < -0.39 is 0 Å². The number of Topliss-reactive ketones (excluding diaryl/α,β-unsaturated/α-hetero) is 2. The molecule has 0 rings (SSSR count). The molecule has 0 aliphatic heterocycles. The second kappa shape index (κ2) is 11.2. The Bertz CT molecular complexity index is 258. The fourth-order valence-electron chi connectivity index (χ4n) is 2.43. The summed E-state index contributed by atoms with van der Waals surface area (Å²) in [5.41, 5.74) is 0. The van der Waals surface area contributed by atoms with Crippen molar-refractivity contribution in [3.63, 3.8) is 0 Å². The lowest BCUT2D eigenvalue weighted by Gasteiger charge is -2.19. The molecule has 0 aliphatic carbocycles. The number of carbonyl (C=O) groups is 2. The first kappa shape index (κ1) is 18.3. The molecule has 0 N–H and O–H groups in total. The van der Waals surface area contributed by atoms with Crippen LogP contribution in [0.4, 0.5) is 0 Å². The summed E-state index contributed by atoms with van der Waals surface area (Å²) in [6, 6.07) is 0. The molecule has 112 valence electrons. The minimum absolute atomic E-state index is 0.300. The number of carbonyl (C=O) groups excluding carboxylic acids is 2. The Labute approximate surface area is 119 Å². The van der Waals surface area contributed by atoms with E-state index >= 15 is 0 Å². The van der Waals surface area contributed by atoms with Crippen LogP contribution in [0.2, 0.25) is 0 Å². The SMILES string of the molecule is CCCC(=O)CCCCC(C)C(C)CCCC(C)=O. The zero-order valence-electron chi connectivity index (χ0n) is 13.3. The summed E-state index contributed by atoms with van der Waals surface area (Å²) in [5, 5.41) is 0. The van der Waals surface area contributed by atoms with Crippen LogP contribution in [0.5, 0.6) is 0 Å². The molecule has 0 heterocycles. The number of rotatable bonds is 12. The molecule has 2 heteroatoms. The van der Waals surface area contributed by atoms with Crippen molar-refractivity contribution in [2.75, 3.05) is 0 Å². The summed E-state index contributed by atoms with van der Waals surface area (Å²) in [6.45, 7) is 8.31. The van der Waals surface area contributed by atoms with Gasteiger partial charge in [0.25, 0.3) is 0 Å². The van der Waals surface area contributed by atoms with Crippen molar-refractivity contribution in [2.45, 2.75) is 85.5 Å². The topological polar surface area (TPSA) is 34.1 Å². The summed E-state index contributed by atoms with van der Waals surface area (Å²) >= 11 is 0. The average molecular weight is 268 g/mol. The molecule has 0 spiro atoms. The fraction of sp³-hybridized carbons (Fsp3) is 0.882. The molecule has 0 aliphatic rings. The van der Waals surface area contributed by atoms with Crippen LogP contribution in [-0.4, -0.2) is 11.6 Å². The van der Waals surface area contributed by atoms with Gasteiger partial charge < -0.3 is 4.79 Å². The Morgan fingerprint density at radius 2 is 1.42 bits per heavy atom. The highest BCUT2D eigenvalue weighted by Crippen LogP contribution is 2.23. The Kier molecular flexibility index (Phi) is 10.8. The maximum Gasteiger partial charge on any atom is 0.132 e. The van der Waals surface area contributed by atoms with Crippen LogP contribution in [-0.2, 0) is 9.59 Å². The van der Waals surface area contributed by atoms with Gasteiger partial charge in [0.2, 0.25) is 0 Å². The molecule has 0 aromatic heterocycles. The Hall–Kier alpha value is -0.660. The highest BCUT2D eigenvalue weighted by atomic mass is 16.1. The van der Waals surface area contributed by atoms with Crippen LogP contribution >= 0.6 is 0 Å². The van der Waals surface area contributed by atoms with Gasteiger partial charge in [-0.2, -0.15) is 0 Å². The minimum Gasteiger partial charge on any atom is -0.300 e. The molecule has 0 aromatic rings. The molecule has 2 unspecified atom stereocenters. The largest absolute Gasteiger partial charge is 0.300 e. The van der Waals surface area contributed by atoms with Crippen molar-refractivity contribution >= 4 is 11.6 Å². The van der Waals surface area contributed by atoms with Crippen molar-refractivity contribution in [2.24, 2.45) is 11.8 Å². The number of hydrogen-bond donors (Lipinski definition) is 0. The summed E-state index contributed by atoms with van der Waals surface area (Å²) < 4.78 is 0. The lowest BCUT2D eigenvalue weighted by atomic mass is 9.87. The molecule has 19 heavy (non-hydrogen) atoms. The zero-order chi connectivity index (χ0) is 14.7. The van der Waals surface area contributed by atoms with Crippen LogP contribution in [0.3, 0.4) is 0 Å². The summed E-state index contributed by atoms with van der Waals surface area (Å²) in [5.74, 6) is 2.11. The molecule has 0 radical (unpaired) electrons. The molecule has 2 atom stereocenters. The van der Waals surface area contributed by atoms with Gasteiger partial charge in [-0.05, 0) is 38.0 Å². The number of ketones is 2. The van der Waals surface area contributed by atoms with E-state index in [2.05, 4.69) is 20.8 Å². The van der Waals surface area contributed by atoms with Crippen LogP contribution in [0, 0.1) is 11.8 Å². The Morgan fingerprint density at radius 1 is 0.842 bits per heavy atom. The van der Waals surface area contributed by atoms with E-state index in [1.807, 2.05) is 0 Å². The van der Waals surface area contributed by atoms with E-state index in [0.717, 1.165) is 51.4 Å². The lowest BCUT2D eigenvalue weighted by molar-refractivity contribution is -0.119. The molecule has 0 aromatic carbocycles. The van der Waals surface area contributed by atoms with Crippen molar-refractivity contribution in [3.05, 3.63) is 0 Å². The molecule has 0 saturated carbocycles. The van der Waals surface area contributed by atoms with E-state index in [0.29, 0.717) is 23.4 Å². The smallest absolute Gasteiger partial charge is 0.132 e. The van der Waals surface area contributed by atoms with Crippen molar-refractivity contribution < 1.29 is 9.59 Å². The monoisotopic (exact) mass is 268 g/mol. The van der Waals surface area contributed by atoms with Crippen molar-refractivity contribution in [1.29, 1.82) is 0 Å². The van der Waals surface area contributed by atoms with Gasteiger partial charge in [-0.3, -0.25) is 4.79 Å². The van der Waals surface area contributed by atoms with Gasteiger partial charge in [0.05, 0.1) is 0 Å². The highest BCUT2D eigenvalue weighted by molar-refractivity contribution is 5.78. The van der Waals surface area contributed by atoms with E-state index in [1.54, 1.807) is 6.92 Å². The summed E-state index contributed by atoms with van der Waals surface area (Å²) in [6.07, 6.45) is 8.80. The molecule has 0 fully saturated rings. The van der Waals surface area contributed by atoms with Gasteiger partial charge in [0.1, 0.15) is 11.6 Å². The van der Waals surface area contributed by atoms with E-state index in [1.165, 1.54) is 6.42 Å². The van der Waals surface area contributed by atoms with Gasteiger partial charge in [-0.1, -0.05) is 40.0 Å². The first-order valence-corrected chi connectivity index (χ1v) is 7.98. The first-order chi connectivity index (χ1) is 8.97. The van der Waals surface area contributed by atoms with Gasteiger partial charge in [-0.15, -0.1) is 0 Å². The Balaban J connectivity index is 3.58. The number of hydrogen-bond acceptors (Lipinski definition) is 2. The van der Waals surface area contributed by atoms with Crippen LogP contribution in [0.1, 0.15) is 85.5 Å². The van der Waals surface area contributed by atoms with Crippen molar-refractivity contribution in [3.8, 4) is 0 Å². The quantitative estimate of drug-likeness (QED) is 0.469. The van der Waals surface area contributed by atoms with E-state index in [9.17, 15) is 9.59 Å². The second-order valence-electron chi connectivity index (χ2n) is 6.08. The Morgan fingerprint density at radius 3 is 1.95 bits per heavy atom. The lowest BCUT2D eigenvalue weighted by Crippen LogP contribution is -2.09. The normalized spacial score (nSPS) is 14.1. The van der Waals surface area contributed by atoms with E-state index in [-0.39, 0.29) is 0 Å². The number of unbranched alkanes of at least 4 members (excludes halogenated alkanes) is 1. The van der Waals surface area contributed by atoms with Crippen molar-refractivity contribution in [1.82, 2.24) is 0 Å². The van der Waals surface area contributed by atoms with Crippen LogP contribution < -0.4 is 0 Å². The third-order valence-corrected chi connectivity index (χ3v) is 4.05. The molecular formula is C17H32O2. The fourth-order valence-corrected chi connectivity index (χ4v) is 2.43. The highest BCUT2D eigenvalue weighted by Gasteiger charge is 2.12. The van der Waals surface area contributed by atoms with Gasteiger partial charge in [0.15, 0.2) is 0 Å². The standard InChI is InChI=1S/C17H32O2/c1-5-9-17(19)13-7-6-10-14(2)15(3)11-8-12-16(4)18/h14-15H,5-13H2,1-4H3. The van der Waals surface area contributed by atoms with Gasteiger partial charge >= 0.3 is 0 Å². The average Bonchev–Trinajstić information content (AvgIpc) is 2.34. The predicted molar refractivity (Wildman–Crippen MR) is 81.2 cm³/mol. The second-order valence-corrected chi connectivity index (χ2v) is 6.08. The summed E-state index contributed by atoms with van der Waals surface area (Å²) in [4.78, 5) is 22.3. The van der Waals surface area contributed by atoms with E-state index in [4.69, 9.17) is 0 Å². The summed E-state index contributed by atoms with van der Waals surface area (Å²) in [7, 11) is 0.